The second-order valence-electron chi connectivity index (χ2n) is 3.19. The molecular formula is C10H12N2O4. The molecule has 0 aliphatic carbocycles. The standard InChI is InChI=1S/C10H12N2O4/c11-6-4-2-1-3-5(6)8(13)9(14)7(12)10(15)16/h1-4,7,9,14H,11-12H2,(H,15,16)/t7-,9+/m0/s1/i1D. The first kappa shape index (κ1) is 10.6. The van der Waals surface area contributed by atoms with E-state index in [-0.39, 0.29) is 17.3 Å². The van der Waals surface area contributed by atoms with Gasteiger partial charge in [0.05, 0.1) is 1.37 Å². The van der Waals surface area contributed by atoms with Crippen LogP contribution in [0.3, 0.4) is 0 Å². The molecule has 1 aromatic carbocycles. The van der Waals surface area contributed by atoms with Crippen LogP contribution in [-0.4, -0.2) is 34.1 Å². The summed E-state index contributed by atoms with van der Waals surface area (Å²) in [4.78, 5) is 22.2. The van der Waals surface area contributed by atoms with Crippen LogP contribution in [0.2, 0.25) is 0 Å². The number of benzene rings is 1. The number of carboxylic acids is 1. The van der Waals surface area contributed by atoms with Crippen molar-refractivity contribution in [2.75, 3.05) is 5.73 Å². The molecule has 86 valence electrons. The van der Waals surface area contributed by atoms with E-state index < -0.39 is 23.9 Å². The van der Waals surface area contributed by atoms with Gasteiger partial charge < -0.3 is 21.7 Å². The second-order valence-corrected chi connectivity index (χ2v) is 3.19. The first-order valence-electron chi connectivity index (χ1n) is 4.91. The summed E-state index contributed by atoms with van der Waals surface area (Å²) in [7, 11) is 0. The summed E-state index contributed by atoms with van der Waals surface area (Å²) in [5, 5.41) is 18.0. The van der Waals surface area contributed by atoms with Crippen LogP contribution in [0.4, 0.5) is 5.69 Å². The Morgan fingerprint density at radius 1 is 1.44 bits per heavy atom. The molecule has 0 aliphatic heterocycles. The lowest BCUT2D eigenvalue weighted by Crippen LogP contribution is -2.46. The number of Topliss-reactive ketones (excluding diaryl/α,β-unsaturated/α-hetero) is 1. The van der Waals surface area contributed by atoms with Crippen molar-refractivity contribution in [1.29, 1.82) is 0 Å². The van der Waals surface area contributed by atoms with Crippen molar-refractivity contribution in [3.8, 4) is 0 Å². The molecule has 16 heavy (non-hydrogen) atoms. The molecule has 6 N–H and O–H groups in total. The molecule has 6 heteroatoms. The van der Waals surface area contributed by atoms with Crippen molar-refractivity contribution >= 4 is 17.4 Å². The van der Waals surface area contributed by atoms with Gasteiger partial charge in [0, 0.05) is 11.3 Å². The second kappa shape index (κ2) is 4.73. The zero-order valence-electron chi connectivity index (χ0n) is 9.25. The monoisotopic (exact) mass is 225 g/mol. The summed E-state index contributed by atoms with van der Waals surface area (Å²) in [6, 6.07) is 2.15. The Morgan fingerprint density at radius 3 is 2.62 bits per heavy atom. The Balaban J connectivity index is 3.04. The van der Waals surface area contributed by atoms with Crippen LogP contribution in [0.25, 0.3) is 0 Å². The first-order chi connectivity index (χ1) is 7.84. The van der Waals surface area contributed by atoms with Crippen LogP contribution in [0.5, 0.6) is 0 Å². The van der Waals surface area contributed by atoms with Crippen LogP contribution in [0, 0.1) is 0 Å². The average molecular weight is 225 g/mol. The molecule has 0 fully saturated rings. The number of nitrogen functional groups attached to an aromatic ring is 1. The summed E-state index contributed by atoms with van der Waals surface area (Å²) in [6.45, 7) is 0. The summed E-state index contributed by atoms with van der Waals surface area (Å²) in [5.74, 6) is -2.40. The predicted octanol–water partition coefficient (Wildman–Crippen LogP) is -0.776. The van der Waals surface area contributed by atoms with E-state index in [0.29, 0.717) is 0 Å². The van der Waals surface area contributed by atoms with Crippen molar-refractivity contribution in [3.05, 3.63) is 29.8 Å². The van der Waals surface area contributed by atoms with Gasteiger partial charge in [-0.2, -0.15) is 0 Å². The number of ketones is 1. The number of carboxylic acid groups (broad SMARTS) is 1. The van der Waals surface area contributed by atoms with Gasteiger partial charge in [-0.15, -0.1) is 0 Å². The summed E-state index contributed by atoms with van der Waals surface area (Å²) in [6.07, 6.45) is -1.89. The van der Waals surface area contributed by atoms with E-state index in [1.54, 1.807) is 0 Å². The Bertz CT molecular complexity index is 464. The van der Waals surface area contributed by atoms with E-state index in [4.69, 9.17) is 17.9 Å². The van der Waals surface area contributed by atoms with Gasteiger partial charge in [-0.25, -0.2) is 0 Å². The SMILES string of the molecule is [2H]c1ccc(N)c(C(=O)[C@H](O)[C@H](N)C(=O)O)c1. The van der Waals surface area contributed by atoms with Gasteiger partial charge in [0.1, 0.15) is 12.1 Å². The van der Waals surface area contributed by atoms with Crippen molar-refractivity contribution in [3.63, 3.8) is 0 Å². The molecule has 0 saturated carbocycles. The molecule has 0 radical (unpaired) electrons. The molecule has 0 heterocycles. The molecule has 0 spiro atoms. The molecule has 0 saturated heterocycles. The third-order valence-corrected chi connectivity index (χ3v) is 2.06. The third kappa shape index (κ3) is 2.36. The van der Waals surface area contributed by atoms with E-state index in [1.807, 2.05) is 0 Å². The molecule has 0 bridgehead atoms. The van der Waals surface area contributed by atoms with Crippen molar-refractivity contribution in [1.82, 2.24) is 0 Å². The normalized spacial score (nSPS) is 15.0. The molecule has 1 rings (SSSR count). The molecular weight excluding hydrogens is 212 g/mol. The number of para-hydroxylation sites is 1. The Morgan fingerprint density at radius 2 is 2.06 bits per heavy atom. The fourth-order valence-corrected chi connectivity index (χ4v) is 1.11. The minimum atomic E-state index is -1.89. The number of rotatable bonds is 4. The maximum absolute atomic E-state index is 11.7. The highest BCUT2D eigenvalue weighted by Gasteiger charge is 2.30. The van der Waals surface area contributed by atoms with E-state index in [9.17, 15) is 14.7 Å². The van der Waals surface area contributed by atoms with Crippen molar-refractivity contribution < 1.29 is 21.2 Å². The number of nitrogens with two attached hydrogens (primary N) is 2. The fourth-order valence-electron chi connectivity index (χ4n) is 1.11. The largest absolute Gasteiger partial charge is 0.480 e. The smallest absolute Gasteiger partial charge is 0.323 e. The number of carbonyl (C=O) groups excluding carboxylic acids is 1. The van der Waals surface area contributed by atoms with Crippen LogP contribution in [0.1, 0.15) is 11.7 Å². The first-order valence-corrected chi connectivity index (χ1v) is 4.41. The minimum absolute atomic E-state index is 0.0265. The summed E-state index contributed by atoms with van der Waals surface area (Å²) >= 11 is 0. The minimum Gasteiger partial charge on any atom is -0.480 e. The number of aliphatic hydroxyl groups is 1. The zero-order chi connectivity index (χ0) is 13.2. The van der Waals surface area contributed by atoms with Gasteiger partial charge in [0.2, 0.25) is 0 Å². The zero-order valence-corrected chi connectivity index (χ0v) is 8.25. The van der Waals surface area contributed by atoms with Gasteiger partial charge in [0.25, 0.3) is 0 Å². The third-order valence-electron chi connectivity index (χ3n) is 2.06. The number of carbonyl (C=O) groups is 2. The van der Waals surface area contributed by atoms with Crippen LogP contribution in [-0.2, 0) is 4.79 Å². The lowest BCUT2D eigenvalue weighted by Gasteiger charge is -2.14. The summed E-state index contributed by atoms with van der Waals surface area (Å²) < 4.78 is 7.32. The van der Waals surface area contributed by atoms with Gasteiger partial charge in [-0.3, -0.25) is 9.59 Å². The van der Waals surface area contributed by atoms with Crippen LogP contribution < -0.4 is 11.5 Å². The number of aliphatic carboxylic acids is 1. The number of hydrogen-bond acceptors (Lipinski definition) is 5. The van der Waals surface area contributed by atoms with Crippen molar-refractivity contribution in [2.24, 2.45) is 5.73 Å². The predicted molar refractivity (Wildman–Crippen MR) is 56.8 cm³/mol. The quantitative estimate of drug-likeness (QED) is 0.393. The molecule has 0 amide bonds. The van der Waals surface area contributed by atoms with E-state index in [2.05, 4.69) is 0 Å². The summed E-state index contributed by atoms with van der Waals surface area (Å²) in [5.41, 5.74) is 10.6. The maximum Gasteiger partial charge on any atom is 0.323 e. The van der Waals surface area contributed by atoms with Gasteiger partial charge >= 0.3 is 5.97 Å². The maximum atomic E-state index is 11.7. The lowest BCUT2D eigenvalue weighted by molar-refractivity contribution is -0.140. The molecule has 2 atom stereocenters. The molecule has 6 nitrogen and oxygen atoms in total. The molecule has 0 aliphatic rings. The highest BCUT2D eigenvalue weighted by Crippen LogP contribution is 2.14. The fraction of sp³-hybridized carbons (Fsp3) is 0.200. The molecule has 1 aromatic rings. The molecule has 0 unspecified atom stereocenters. The number of aliphatic hydroxyl groups excluding tert-OH is 1. The van der Waals surface area contributed by atoms with Crippen LogP contribution >= 0.6 is 0 Å². The highest BCUT2D eigenvalue weighted by atomic mass is 16.4. The highest BCUT2D eigenvalue weighted by molar-refractivity contribution is 6.05. The number of hydrogen-bond donors (Lipinski definition) is 4. The van der Waals surface area contributed by atoms with Crippen molar-refractivity contribution in [2.45, 2.75) is 12.1 Å². The van der Waals surface area contributed by atoms with Gasteiger partial charge in [0.15, 0.2) is 5.78 Å². The topological polar surface area (TPSA) is 127 Å². The van der Waals surface area contributed by atoms with E-state index >= 15 is 0 Å². The van der Waals surface area contributed by atoms with Gasteiger partial charge in [-0.1, -0.05) is 12.1 Å². The van der Waals surface area contributed by atoms with Gasteiger partial charge in [-0.05, 0) is 12.1 Å². The Hall–Kier alpha value is -1.92. The Labute approximate surface area is 92.9 Å². The van der Waals surface area contributed by atoms with E-state index in [0.717, 1.165) is 6.07 Å². The number of anilines is 1. The Kier molecular flexibility index (Phi) is 3.13. The van der Waals surface area contributed by atoms with E-state index in [1.165, 1.54) is 12.1 Å². The average Bonchev–Trinajstić information content (AvgIpc) is 2.29. The lowest BCUT2D eigenvalue weighted by atomic mass is 10.00. The van der Waals surface area contributed by atoms with Crippen LogP contribution in [0.15, 0.2) is 24.2 Å². The molecule has 0 aromatic heterocycles.